The standard InChI is InChI=1S/C19H30N2O5S2/c1-20-18(22)25-11-13-28-27-12-10-24-9-8-21-19(23)26-14-17-15-6-4-2-3-5-7-16(15)17/h15-17H,4-14H2,1H3,(H,20,22)(H,21,23). The Hall–Kier alpha value is -1.24. The number of alkyl carbamates (subject to hydrolysis) is 2. The third-order valence-electron chi connectivity index (χ3n) is 4.76. The molecule has 1 fully saturated rings. The van der Waals surface area contributed by atoms with Crippen molar-refractivity contribution in [3.05, 3.63) is 0 Å². The van der Waals surface area contributed by atoms with Crippen molar-refractivity contribution in [2.75, 3.05) is 51.5 Å². The Morgan fingerprint density at radius 1 is 0.964 bits per heavy atom. The van der Waals surface area contributed by atoms with Gasteiger partial charge in [0.05, 0.1) is 19.8 Å². The summed E-state index contributed by atoms with van der Waals surface area (Å²) in [6.45, 7) is 2.42. The van der Waals surface area contributed by atoms with Crippen molar-refractivity contribution >= 4 is 33.8 Å². The molecule has 158 valence electrons. The fraction of sp³-hybridized carbons (Fsp3) is 0.789. The summed E-state index contributed by atoms with van der Waals surface area (Å²) < 4.78 is 15.7. The monoisotopic (exact) mass is 430 g/mol. The highest BCUT2D eigenvalue weighted by Gasteiger charge is 2.49. The zero-order valence-corrected chi connectivity index (χ0v) is 18.0. The maximum Gasteiger partial charge on any atom is 0.407 e. The van der Waals surface area contributed by atoms with Crippen LogP contribution in [-0.4, -0.2) is 63.7 Å². The second-order valence-electron chi connectivity index (χ2n) is 6.59. The van der Waals surface area contributed by atoms with Gasteiger partial charge in [-0.05, 0) is 30.6 Å². The van der Waals surface area contributed by atoms with Gasteiger partial charge >= 0.3 is 12.2 Å². The van der Waals surface area contributed by atoms with Gasteiger partial charge in [-0.2, -0.15) is 0 Å². The average Bonchev–Trinajstić information content (AvgIpc) is 3.33. The normalized spacial score (nSPS) is 22.5. The highest BCUT2D eigenvalue weighted by molar-refractivity contribution is 8.76. The first-order valence-electron chi connectivity index (χ1n) is 9.75. The van der Waals surface area contributed by atoms with E-state index in [-0.39, 0.29) is 6.09 Å². The number of amides is 2. The van der Waals surface area contributed by atoms with Gasteiger partial charge in [0, 0.05) is 37.9 Å². The SMILES string of the molecule is CNC(=O)OCCSSCCOCCNC(=O)OCC1C2CCC#CCCC21. The molecular formula is C19H30N2O5S2. The maximum atomic E-state index is 11.8. The molecule has 1 saturated carbocycles. The smallest absolute Gasteiger partial charge is 0.407 e. The number of carbonyl (C=O) groups is 2. The predicted octanol–water partition coefficient (Wildman–Crippen LogP) is 2.91. The van der Waals surface area contributed by atoms with E-state index < -0.39 is 6.09 Å². The van der Waals surface area contributed by atoms with Crippen LogP contribution < -0.4 is 10.6 Å². The molecule has 0 saturated heterocycles. The molecule has 2 aliphatic carbocycles. The van der Waals surface area contributed by atoms with E-state index in [0.29, 0.717) is 50.7 Å². The second kappa shape index (κ2) is 13.9. The third kappa shape index (κ3) is 9.30. The molecule has 0 aromatic rings. The Kier molecular flexibility index (Phi) is 11.4. The van der Waals surface area contributed by atoms with Crippen molar-refractivity contribution in [1.29, 1.82) is 0 Å². The van der Waals surface area contributed by atoms with Crippen molar-refractivity contribution in [1.82, 2.24) is 10.6 Å². The number of nitrogens with one attached hydrogen (secondary N) is 2. The van der Waals surface area contributed by atoms with Crippen LogP contribution in [-0.2, 0) is 14.2 Å². The first-order chi connectivity index (χ1) is 13.7. The van der Waals surface area contributed by atoms with Gasteiger partial charge in [0.25, 0.3) is 0 Å². The van der Waals surface area contributed by atoms with Crippen molar-refractivity contribution in [2.24, 2.45) is 17.8 Å². The van der Waals surface area contributed by atoms with E-state index in [1.165, 1.54) is 7.05 Å². The summed E-state index contributed by atoms with van der Waals surface area (Å²) in [7, 11) is 4.84. The molecule has 0 aliphatic heterocycles. The highest BCUT2D eigenvalue weighted by Crippen LogP contribution is 2.52. The largest absolute Gasteiger partial charge is 0.449 e. The number of fused-ring (bicyclic) bond motifs is 1. The summed E-state index contributed by atoms with van der Waals surface area (Å²) in [5, 5.41) is 5.12. The van der Waals surface area contributed by atoms with Crippen LogP contribution in [0.25, 0.3) is 0 Å². The van der Waals surface area contributed by atoms with Crippen LogP contribution in [0, 0.1) is 29.6 Å². The Labute approximate surface area is 175 Å². The van der Waals surface area contributed by atoms with E-state index in [0.717, 1.165) is 37.2 Å². The number of hydrogen-bond donors (Lipinski definition) is 2. The highest BCUT2D eigenvalue weighted by atomic mass is 33.1. The van der Waals surface area contributed by atoms with Gasteiger partial charge in [-0.3, -0.25) is 0 Å². The van der Waals surface area contributed by atoms with Crippen LogP contribution in [0.4, 0.5) is 9.59 Å². The Bertz CT molecular complexity index is 534. The minimum atomic E-state index is -0.407. The number of carbonyl (C=O) groups excluding carboxylic acids is 2. The molecule has 9 heteroatoms. The lowest BCUT2D eigenvalue weighted by atomic mass is 10.1. The van der Waals surface area contributed by atoms with E-state index in [4.69, 9.17) is 14.2 Å². The van der Waals surface area contributed by atoms with E-state index in [1.807, 2.05) is 0 Å². The summed E-state index contributed by atoms with van der Waals surface area (Å²) in [6.07, 6.45) is 3.46. The quantitative estimate of drug-likeness (QED) is 0.280. The van der Waals surface area contributed by atoms with Crippen LogP contribution >= 0.6 is 21.6 Å². The molecule has 0 radical (unpaired) electrons. The summed E-state index contributed by atoms with van der Waals surface area (Å²) in [6, 6.07) is 0. The van der Waals surface area contributed by atoms with Crippen molar-refractivity contribution < 1.29 is 23.8 Å². The molecule has 2 atom stereocenters. The Balaban J connectivity index is 1.34. The van der Waals surface area contributed by atoms with Gasteiger partial charge in [-0.1, -0.05) is 21.6 Å². The van der Waals surface area contributed by atoms with Gasteiger partial charge in [-0.25, -0.2) is 9.59 Å². The van der Waals surface area contributed by atoms with Crippen LogP contribution in [0.2, 0.25) is 0 Å². The lowest BCUT2D eigenvalue weighted by molar-refractivity contribution is 0.124. The van der Waals surface area contributed by atoms with Gasteiger partial charge in [0.1, 0.15) is 6.61 Å². The van der Waals surface area contributed by atoms with E-state index in [1.54, 1.807) is 21.6 Å². The number of rotatable bonds is 12. The minimum Gasteiger partial charge on any atom is -0.449 e. The summed E-state index contributed by atoms with van der Waals surface area (Å²) >= 11 is 0. The van der Waals surface area contributed by atoms with Crippen molar-refractivity contribution in [3.63, 3.8) is 0 Å². The summed E-state index contributed by atoms with van der Waals surface area (Å²) in [5.41, 5.74) is 0. The topological polar surface area (TPSA) is 85.9 Å². The van der Waals surface area contributed by atoms with E-state index >= 15 is 0 Å². The van der Waals surface area contributed by atoms with Gasteiger partial charge in [-0.15, -0.1) is 11.8 Å². The molecule has 28 heavy (non-hydrogen) atoms. The Morgan fingerprint density at radius 2 is 1.64 bits per heavy atom. The van der Waals surface area contributed by atoms with Gasteiger partial charge < -0.3 is 24.8 Å². The predicted molar refractivity (Wildman–Crippen MR) is 112 cm³/mol. The third-order valence-corrected chi connectivity index (χ3v) is 7.09. The van der Waals surface area contributed by atoms with Crippen LogP contribution in [0.3, 0.4) is 0 Å². The van der Waals surface area contributed by atoms with Crippen LogP contribution in [0.15, 0.2) is 0 Å². The zero-order chi connectivity index (χ0) is 20.0. The molecule has 0 spiro atoms. The van der Waals surface area contributed by atoms with Crippen LogP contribution in [0.5, 0.6) is 0 Å². The molecule has 2 amide bonds. The molecular weight excluding hydrogens is 400 g/mol. The lowest BCUT2D eigenvalue weighted by Crippen LogP contribution is -2.28. The average molecular weight is 431 g/mol. The molecule has 2 unspecified atom stereocenters. The molecule has 7 nitrogen and oxygen atoms in total. The second-order valence-corrected chi connectivity index (χ2v) is 9.29. The first kappa shape index (κ1) is 23.0. The fourth-order valence-corrected chi connectivity index (χ4v) is 4.97. The minimum absolute atomic E-state index is 0.361. The van der Waals surface area contributed by atoms with Gasteiger partial charge in [0.15, 0.2) is 0 Å². The molecule has 2 N–H and O–H groups in total. The number of hydrogen-bond acceptors (Lipinski definition) is 7. The van der Waals surface area contributed by atoms with E-state index in [2.05, 4.69) is 22.5 Å². The molecule has 0 aromatic carbocycles. The molecule has 0 aromatic heterocycles. The zero-order valence-electron chi connectivity index (χ0n) is 16.4. The van der Waals surface area contributed by atoms with Gasteiger partial charge in [0.2, 0.25) is 0 Å². The van der Waals surface area contributed by atoms with Crippen molar-refractivity contribution in [2.45, 2.75) is 25.7 Å². The first-order valence-corrected chi connectivity index (χ1v) is 12.2. The van der Waals surface area contributed by atoms with E-state index in [9.17, 15) is 9.59 Å². The maximum absolute atomic E-state index is 11.8. The fourth-order valence-electron chi connectivity index (χ4n) is 3.28. The molecule has 2 aliphatic rings. The van der Waals surface area contributed by atoms with Crippen LogP contribution in [0.1, 0.15) is 25.7 Å². The lowest BCUT2D eigenvalue weighted by Gasteiger charge is -2.08. The molecule has 0 heterocycles. The van der Waals surface area contributed by atoms with Crippen molar-refractivity contribution in [3.8, 4) is 11.8 Å². The number of ether oxygens (including phenoxy) is 3. The summed E-state index contributed by atoms with van der Waals surface area (Å²) in [5.74, 6) is 9.85. The molecule has 2 rings (SSSR count). The molecule has 0 bridgehead atoms. The Morgan fingerprint density at radius 3 is 2.32 bits per heavy atom. The summed E-state index contributed by atoms with van der Waals surface area (Å²) in [4.78, 5) is 22.6.